The second-order valence-corrected chi connectivity index (χ2v) is 9.80. The highest BCUT2D eigenvalue weighted by atomic mass is 35.5. The van der Waals surface area contributed by atoms with E-state index in [2.05, 4.69) is 22.0 Å². The molecule has 1 aliphatic carbocycles. The summed E-state index contributed by atoms with van der Waals surface area (Å²) in [6.07, 6.45) is 4.34. The number of hydrogen-bond acceptors (Lipinski definition) is 5. The van der Waals surface area contributed by atoms with Gasteiger partial charge in [-0.25, -0.2) is 4.98 Å². The van der Waals surface area contributed by atoms with Gasteiger partial charge in [0, 0.05) is 32.1 Å². The Hall–Kier alpha value is -2.35. The summed E-state index contributed by atoms with van der Waals surface area (Å²) in [7, 11) is 4.02. The summed E-state index contributed by atoms with van der Waals surface area (Å²) in [5.41, 5.74) is 1.59. The van der Waals surface area contributed by atoms with Crippen molar-refractivity contribution < 1.29 is 0 Å². The van der Waals surface area contributed by atoms with Gasteiger partial charge in [0.1, 0.15) is 5.82 Å². The quantitative estimate of drug-likeness (QED) is 0.359. The van der Waals surface area contributed by atoms with Crippen molar-refractivity contribution in [2.75, 3.05) is 36.2 Å². The van der Waals surface area contributed by atoms with Gasteiger partial charge in [-0.15, -0.1) is 0 Å². The molecule has 1 aromatic heterocycles. The smallest absolute Gasteiger partial charge is 0.225 e. The van der Waals surface area contributed by atoms with Crippen LogP contribution in [0.15, 0.2) is 42.5 Å². The first-order chi connectivity index (χ1) is 15.9. The maximum Gasteiger partial charge on any atom is 0.225 e. The minimum absolute atomic E-state index is 0.365. The summed E-state index contributed by atoms with van der Waals surface area (Å²) in [4.78, 5) is 11.5. The Morgan fingerprint density at radius 1 is 1.00 bits per heavy atom. The van der Waals surface area contributed by atoms with Crippen LogP contribution in [0.25, 0.3) is 10.9 Å². The average molecular weight is 504 g/mol. The van der Waals surface area contributed by atoms with Gasteiger partial charge in [0.15, 0.2) is 5.11 Å². The topological polar surface area (TPSA) is 65.1 Å². The van der Waals surface area contributed by atoms with Gasteiger partial charge in [-0.05, 0) is 68.1 Å². The molecule has 9 heteroatoms. The van der Waals surface area contributed by atoms with Gasteiger partial charge in [0.25, 0.3) is 0 Å². The van der Waals surface area contributed by atoms with Crippen LogP contribution in [0.1, 0.15) is 25.7 Å². The van der Waals surface area contributed by atoms with E-state index in [1.54, 1.807) is 12.1 Å². The number of thiocarbonyl (C=S) groups is 1. The molecule has 0 amide bonds. The Labute approximate surface area is 210 Å². The third kappa shape index (κ3) is 5.96. The minimum Gasteiger partial charge on any atom is -0.362 e. The van der Waals surface area contributed by atoms with Crippen LogP contribution >= 0.6 is 35.4 Å². The Morgan fingerprint density at radius 2 is 1.70 bits per heavy atom. The lowest BCUT2D eigenvalue weighted by molar-refractivity contribution is 0.336. The molecule has 4 rings (SSSR count). The number of halogens is 2. The van der Waals surface area contributed by atoms with E-state index in [1.807, 2.05) is 43.3 Å². The standard InChI is InChI=1S/C24H28Cl2N6S/c1-32(2)22-17-6-3-4-9-20(17)29-23(31-22)28-16-12-10-15(11-13-16)14-27-24(33)30-21-18(25)7-5-8-19(21)26/h3-9,15-16H,10-14H2,1-2H3,(H2,27,30,33)(H,28,29,31)/t15-,16+. The second kappa shape index (κ2) is 10.7. The highest BCUT2D eigenvalue weighted by Crippen LogP contribution is 2.30. The van der Waals surface area contributed by atoms with Gasteiger partial charge in [0.2, 0.25) is 5.95 Å². The van der Waals surface area contributed by atoms with Crippen LogP contribution in [0.2, 0.25) is 10.0 Å². The zero-order valence-corrected chi connectivity index (χ0v) is 21.1. The molecule has 33 heavy (non-hydrogen) atoms. The van der Waals surface area contributed by atoms with E-state index < -0.39 is 0 Å². The summed E-state index contributed by atoms with van der Waals surface area (Å²) < 4.78 is 0. The molecule has 1 saturated carbocycles. The maximum atomic E-state index is 6.21. The zero-order valence-electron chi connectivity index (χ0n) is 18.7. The van der Waals surface area contributed by atoms with Gasteiger partial charge in [-0.3, -0.25) is 0 Å². The van der Waals surface area contributed by atoms with Crippen LogP contribution in [-0.2, 0) is 0 Å². The summed E-state index contributed by atoms with van der Waals surface area (Å²) >= 11 is 17.9. The van der Waals surface area contributed by atoms with Crippen molar-refractivity contribution in [3.8, 4) is 0 Å². The predicted molar refractivity (Wildman–Crippen MR) is 144 cm³/mol. The summed E-state index contributed by atoms with van der Waals surface area (Å²) in [5.74, 6) is 2.18. The van der Waals surface area contributed by atoms with Crippen molar-refractivity contribution in [2.24, 2.45) is 5.92 Å². The molecule has 1 heterocycles. The van der Waals surface area contributed by atoms with E-state index in [4.69, 9.17) is 45.4 Å². The SMILES string of the molecule is CN(C)c1nc(N[C@H]2CC[C@@H](CNC(=S)Nc3c(Cl)cccc3Cl)CC2)nc2ccccc12. The van der Waals surface area contributed by atoms with Crippen molar-refractivity contribution in [3.63, 3.8) is 0 Å². The second-order valence-electron chi connectivity index (χ2n) is 8.58. The molecule has 3 aromatic rings. The average Bonchev–Trinajstić information content (AvgIpc) is 2.80. The van der Waals surface area contributed by atoms with Gasteiger partial charge < -0.3 is 20.9 Å². The Bertz CT molecular complexity index is 1110. The van der Waals surface area contributed by atoms with E-state index in [0.29, 0.717) is 38.8 Å². The Balaban J connectivity index is 1.28. The third-order valence-electron chi connectivity index (χ3n) is 5.94. The number of para-hydroxylation sites is 2. The summed E-state index contributed by atoms with van der Waals surface area (Å²) in [6, 6.07) is 13.9. The number of benzene rings is 2. The van der Waals surface area contributed by atoms with Crippen LogP contribution in [-0.4, -0.2) is 41.8 Å². The molecule has 0 unspecified atom stereocenters. The molecule has 0 bridgehead atoms. The van der Waals surface area contributed by atoms with Gasteiger partial charge in [0.05, 0.1) is 21.2 Å². The van der Waals surface area contributed by atoms with Crippen LogP contribution in [0, 0.1) is 5.92 Å². The number of nitrogens with one attached hydrogen (secondary N) is 3. The highest BCUT2D eigenvalue weighted by Gasteiger charge is 2.22. The number of rotatable bonds is 6. The lowest BCUT2D eigenvalue weighted by Gasteiger charge is -2.30. The van der Waals surface area contributed by atoms with E-state index in [0.717, 1.165) is 48.9 Å². The Kier molecular flexibility index (Phi) is 7.73. The fourth-order valence-corrected chi connectivity index (χ4v) is 4.85. The van der Waals surface area contributed by atoms with E-state index in [-0.39, 0.29) is 0 Å². The van der Waals surface area contributed by atoms with Crippen LogP contribution in [0.4, 0.5) is 17.5 Å². The molecule has 3 N–H and O–H groups in total. The zero-order chi connectivity index (χ0) is 23.4. The number of aromatic nitrogens is 2. The number of anilines is 3. The fourth-order valence-electron chi connectivity index (χ4n) is 4.17. The normalized spacial score (nSPS) is 18.1. The molecule has 1 aliphatic rings. The Morgan fingerprint density at radius 3 is 2.39 bits per heavy atom. The molecule has 2 aromatic carbocycles. The molecule has 0 spiro atoms. The summed E-state index contributed by atoms with van der Waals surface area (Å²) in [6.45, 7) is 0.817. The number of nitrogens with zero attached hydrogens (tertiary/aromatic N) is 3. The molecule has 174 valence electrons. The van der Waals surface area contributed by atoms with Crippen molar-refractivity contribution in [1.82, 2.24) is 15.3 Å². The lowest BCUT2D eigenvalue weighted by atomic mass is 9.86. The summed E-state index contributed by atoms with van der Waals surface area (Å²) in [5, 5.41) is 12.7. The largest absolute Gasteiger partial charge is 0.362 e. The van der Waals surface area contributed by atoms with Crippen LogP contribution < -0.4 is 20.9 Å². The van der Waals surface area contributed by atoms with Gasteiger partial charge >= 0.3 is 0 Å². The highest BCUT2D eigenvalue weighted by molar-refractivity contribution is 7.80. The predicted octanol–water partition coefficient (Wildman–Crippen LogP) is 5.96. The minimum atomic E-state index is 0.365. The molecule has 1 fully saturated rings. The molecular formula is C24H28Cl2N6S. The van der Waals surface area contributed by atoms with Crippen LogP contribution in [0.3, 0.4) is 0 Å². The third-order valence-corrected chi connectivity index (χ3v) is 6.82. The van der Waals surface area contributed by atoms with E-state index in [1.165, 1.54) is 0 Å². The first kappa shape index (κ1) is 23.8. The molecule has 6 nitrogen and oxygen atoms in total. The monoisotopic (exact) mass is 502 g/mol. The van der Waals surface area contributed by atoms with Crippen molar-refractivity contribution in [1.29, 1.82) is 0 Å². The molecule has 0 radical (unpaired) electrons. The fraction of sp³-hybridized carbons (Fsp3) is 0.375. The van der Waals surface area contributed by atoms with Crippen molar-refractivity contribution in [3.05, 3.63) is 52.5 Å². The van der Waals surface area contributed by atoms with E-state index >= 15 is 0 Å². The first-order valence-electron chi connectivity index (χ1n) is 11.1. The van der Waals surface area contributed by atoms with E-state index in [9.17, 15) is 0 Å². The number of hydrogen-bond donors (Lipinski definition) is 3. The van der Waals surface area contributed by atoms with Gasteiger partial charge in [-0.2, -0.15) is 4.98 Å². The molecule has 0 atom stereocenters. The van der Waals surface area contributed by atoms with Crippen LogP contribution in [0.5, 0.6) is 0 Å². The molecular weight excluding hydrogens is 475 g/mol. The number of fused-ring (bicyclic) bond motifs is 1. The first-order valence-corrected chi connectivity index (χ1v) is 12.3. The molecule has 0 saturated heterocycles. The van der Waals surface area contributed by atoms with Crippen molar-refractivity contribution >= 4 is 68.9 Å². The maximum absolute atomic E-state index is 6.21. The van der Waals surface area contributed by atoms with Gasteiger partial charge in [-0.1, -0.05) is 41.4 Å². The molecule has 0 aliphatic heterocycles. The van der Waals surface area contributed by atoms with Crippen molar-refractivity contribution in [2.45, 2.75) is 31.7 Å². The lowest BCUT2D eigenvalue weighted by Crippen LogP contribution is -2.36.